The van der Waals surface area contributed by atoms with E-state index in [0.717, 1.165) is 36.4 Å². The number of piperazine rings is 1. The van der Waals surface area contributed by atoms with Gasteiger partial charge in [-0.05, 0) is 24.3 Å². The minimum Gasteiger partial charge on any atom is -0.493 e. The zero-order valence-electron chi connectivity index (χ0n) is 16.3. The summed E-state index contributed by atoms with van der Waals surface area (Å²) < 4.78 is 17.7. The second-order valence-electron chi connectivity index (χ2n) is 6.98. The first-order valence-electron chi connectivity index (χ1n) is 9.34. The van der Waals surface area contributed by atoms with E-state index < -0.39 is 0 Å². The number of halogens is 1. The number of hydrogen-bond acceptors (Lipinski definition) is 3. The van der Waals surface area contributed by atoms with Gasteiger partial charge in [0.15, 0.2) is 11.5 Å². The van der Waals surface area contributed by atoms with Gasteiger partial charge in [-0.3, -0.25) is 0 Å². The van der Waals surface area contributed by atoms with Crippen LogP contribution in [0.25, 0.3) is 0 Å². The van der Waals surface area contributed by atoms with Crippen molar-refractivity contribution < 1.29 is 24.0 Å². The summed E-state index contributed by atoms with van der Waals surface area (Å²) in [6.45, 7) is 6.69. The monoisotopic (exact) mass is 436 g/mol. The molecule has 0 saturated carbocycles. The van der Waals surface area contributed by atoms with E-state index in [2.05, 4.69) is 46.3 Å². The highest BCUT2D eigenvalue weighted by atomic mass is 79.9. The van der Waals surface area contributed by atoms with Gasteiger partial charge in [0.05, 0.1) is 26.9 Å². The van der Waals surface area contributed by atoms with Crippen molar-refractivity contribution in [3.05, 3.63) is 52.0 Å². The molecule has 5 nitrogen and oxygen atoms in total. The Morgan fingerprint density at radius 2 is 1.48 bits per heavy atom. The summed E-state index contributed by atoms with van der Waals surface area (Å²) in [5.41, 5.74) is 2.56. The van der Waals surface area contributed by atoms with Crippen molar-refractivity contribution in [2.45, 2.75) is 13.1 Å². The zero-order chi connectivity index (χ0) is 19.2. The average Bonchev–Trinajstić information content (AvgIpc) is 2.69. The van der Waals surface area contributed by atoms with Crippen molar-refractivity contribution in [3.8, 4) is 17.2 Å². The number of hydrogen-bond donors (Lipinski definition) is 2. The van der Waals surface area contributed by atoms with E-state index >= 15 is 0 Å². The van der Waals surface area contributed by atoms with Crippen LogP contribution in [0, 0.1) is 0 Å². The highest BCUT2D eigenvalue weighted by Crippen LogP contribution is 2.39. The van der Waals surface area contributed by atoms with Gasteiger partial charge in [0.25, 0.3) is 0 Å². The van der Waals surface area contributed by atoms with Crippen molar-refractivity contribution in [2.75, 3.05) is 47.5 Å². The molecule has 146 valence electrons. The van der Waals surface area contributed by atoms with Gasteiger partial charge in [-0.15, -0.1) is 0 Å². The fourth-order valence-corrected chi connectivity index (χ4v) is 4.26. The molecule has 27 heavy (non-hydrogen) atoms. The van der Waals surface area contributed by atoms with Gasteiger partial charge in [-0.1, -0.05) is 28.1 Å². The van der Waals surface area contributed by atoms with Crippen molar-refractivity contribution in [3.63, 3.8) is 0 Å². The quantitative estimate of drug-likeness (QED) is 0.678. The molecular weight excluding hydrogens is 408 g/mol. The van der Waals surface area contributed by atoms with Crippen LogP contribution in [0.15, 0.2) is 40.9 Å². The van der Waals surface area contributed by atoms with Crippen molar-refractivity contribution in [2.24, 2.45) is 0 Å². The van der Waals surface area contributed by atoms with Crippen LogP contribution in [-0.4, -0.2) is 47.5 Å². The maximum Gasteiger partial charge on any atom is 0.203 e. The molecule has 2 aromatic carbocycles. The molecule has 2 N–H and O–H groups in total. The van der Waals surface area contributed by atoms with Gasteiger partial charge in [0.2, 0.25) is 5.75 Å². The lowest BCUT2D eigenvalue weighted by atomic mass is 10.1. The lowest BCUT2D eigenvalue weighted by Crippen LogP contribution is -3.27. The highest BCUT2D eigenvalue weighted by Gasteiger charge is 2.25. The Balaban J connectivity index is 1.61. The summed E-state index contributed by atoms with van der Waals surface area (Å²) in [5, 5.41) is 0. The van der Waals surface area contributed by atoms with E-state index in [0.29, 0.717) is 11.5 Å². The molecule has 3 rings (SSSR count). The maximum absolute atomic E-state index is 5.63. The number of benzene rings is 2. The highest BCUT2D eigenvalue weighted by molar-refractivity contribution is 9.10. The zero-order valence-corrected chi connectivity index (χ0v) is 17.9. The summed E-state index contributed by atoms with van der Waals surface area (Å²) >= 11 is 3.56. The Morgan fingerprint density at radius 1 is 0.815 bits per heavy atom. The van der Waals surface area contributed by atoms with E-state index in [1.807, 2.05) is 6.07 Å². The minimum absolute atomic E-state index is 0.677. The molecule has 1 heterocycles. The van der Waals surface area contributed by atoms with Crippen molar-refractivity contribution >= 4 is 15.9 Å². The van der Waals surface area contributed by atoms with Gasteiger partial charge in [-0.2, -0.15) is 0 Å². The molecule has 1 aliphatic rings. The summed E-state index contributed by atoms with van der Waals surface area (Å²) in [4.78, 5) is 3.23. The molecule has 1 fully saturated rings. The number of rotatable bonds is 7. The molecule has 0 unspecified atom stereocenters. The lowest BCUT2D eigenvalue weighted by molar-refractivity contribution is -1.02. The fraction of sp³-hybridized carbons (Fsp3) is 0.429. The standard InChI is InChI=1S/C21H27BrN2O3/c1-25-19-8-7-17(20(26-2)21(19)27-3)15-24-11-9-23(10-12-24)14-16-5-4-6-18(22)13-16/h4-8,13H,9-12,14-15H2,1-3H3/p+2. The minimum atomic E-state index is 0.677. The van der Waals surface area contributed by atoms with E-state index in [9.17, 15) is 0 Å². The van der Waals surface area contributed by atoms with Crippen LogP contribution in [0.4, 0.5) is 0 Å². The maximum atomic E-state index is 5.63. The second kappa shape index (κ2) is 9.44. The van der Waals surface area contributed by atoms with E-state index in [-0.39, 0.29) is 0 Å². The van der Waals surface area contributed by atoms with Gasteiger partial charge in [-0.25, -0.2) is 0 Å². The van der Waals surface area contributed by atoms with E-state index in [1.54, 1.807) is 31.1 Å². The summed E-state index contributed by atoms with van der Waals surface area (Å²) in [5.74, 6) is 2.17. The third-order valence-corrected chi connectivity index (χ3v) is 5.73. The molecule has 1 saturated heterocycles. The Labute approximate surface area is 169 Å². The van der Waals surface area contributed by atoms with Gasteiger partial charge < -0.3 is 24.0 Å². The number of methoxy groups -OCH3 is 3. The largest absolute Gasteiger partial charge is 0.493 e. The predicted molar refractivity (Wildman–Crippen MR) is 109 cm³/mol. The third kappa shape index (κ3) is 4.94. The SMILES string of the molecule is COc1ccc(C[NH+]2CC[NH+](Cc3cccc(Br)c3)CC2)c(OC)c1OC. The lowest BCUT2D eigenvalue weighted by Gasteiger charge is -2.30. The average molecular weight is 437 g/mol. The van der Waals surface area contributed by atoms with Gasteiger partial charge >= 0.3 is 0 Å². The van der Waals surface area contributed by atoms with Crippen LogP contribution in [0.2, 0.25) is 0 Å². The fourth-order valence-electron chi connectivity index (χ4n) is 3.82. The van der Waals surface area contributed by atoms with Gasteiger partial charge in [0, 0.05) is 10.0 Å². The molecule has 0 aliphatic carbocycles. The normalized spacial score (nSPS) is 19.6. The number of ether oxygens (including phenoxy) is 3. The molecule has 2 aromatic rings. The second-order valence-corrected chi connectivity index (χ2v) is 7.89. The van der Waals surface area contributed by atoms with Crippen LogP contribution < -0.4 is 24.0 Å². The molecule has 0 aromatic heterocycles. The Bertz CT molecular complexity index is 761. The summed E-state index contributed by atoms with van der Waals surface area (Å²) in [7, 11) is 4.99. The first-order valence-corrected chi connectivity index (χ1v) is 10.1. The molecule has 0 bridgehead atoms. The molecule has 0 spiro atoms. The van der Waals surface area contributed by atoms with Crippen LogP contribution in [-0.2, 0) is 13.1 Å². The summed E-state index contributed by atoms with van der Waals surface area (Å²) in [6.07, 6.45) is 0. The molecule has 0 amide bonds. The van der Waals surface area contributed by atoms with Crippen LogP contribution >= 0.6 is 15.9 Å². The Kier molecular flexibility index (Phi) is 6.99. The van der Waals surface area contributed by atoms with Crippen molar-refractivity contribution in [1.29, 1.82) is 0 Å². The summed E-state index contributed by atoms with van der Waals surface area (Å²) in [6, 6.07) is 12.7. The van der Waals surface area contributed by atoms with Crippen molar-refractivity contribution in [1.82, 2.24) is 0 Å². The Morgan fingerprint density at radius 3 is 2.07 bits per heavy atom. The van der Waals surface area contributed by atoms with Crippen LogP contribution in [0.3, 0.4) is 0 Å². The molecule has 0 atom stereocenters. The molecule has 1 aliphatic heterocycles. The smallest absolute Gasteiger partial charge is 0.203 e. The number of quaternary nitrogens is 2. The Hall–Kier alpha value is -1.76. The van der Waals surface area contributed by atoms with Gasteiger partial charge in [0.1, 0.15) is 39.3 Å². The first-order chi connectivity index (χ1) is 13.1. The van der Waals surface area contributed by atoms with Crippen LogP contribution in [0.1, 0.15) is 11.1 Å². The molecular formula is C21H29BrN2O3+2. The van der Waals surface area contributed by atoms with E-state index in [1.165, 1.54) is 24.2 Å². The first kappa shape index (κ1) is 20.0. The third-order valence-electron chi connectivity index (χ3n) is 5.23. The predicted octanol–water partition coefficient (Wildman–Crippen LogP) is 0.959. The van der Waals surface area contributed by atoms with Crippen LogP contribution in [0.5, 0.6) is 17.2 Å². The number of nitrogens with one attached hydrogen (secondary N) is 2. The van der Waals surface area contributed by atoms with E-state index in [4.69, 9.17) is 14.2 Å². The molecule has 6 heteroatoms. The topological polar surface area (TPSA) is 36.6 Å². The molecule has 0 radical (unpaired) electrons.